The minimum absolute atomic E-state index is 0.801. The van der Waals surface area contributed by atoms with Crippen LogP contribution < -0.4 is 5.32 Å². The molecule has 0 aliphatic carbocycles. The van der Waals surface area contributed by atoms with E-state index in [-0.39, 0.29) is 0 Å². The van der Waals surface area contributed by atoms with E-state index >= 15 is 0 Å². The predicted octanol–water partition coefficient (Wildman–Crippen LogP) is 1.51. The standard InChI is InChI=1S/C9H12N4S/c1-10-9-12-11-8(13(9)2)5-7-3-4-14-6-7/h3-4,6H,5H2,1-2H3,(H,10,12). The van der Waals surface area contributed by atoms with Crippen molar-refractivity contribution in [2.24, 2.45) is 7.05 Å². The zero-order chi connectivity index (χ0) is 9.97. The number of aromatic nitrogens is 3. The molecule has 0 radical (unpaired) electrons. The van der Waals surface area contributed by atoms with Gasteiger partial charge in [-0.2, -0.15) is 11.3 Å². The maximum Gasteiger partial charge on any atom is 0.224 e. The van der Waals surface area contributed by atoms with Crippen LogP contribution in [0.25, 0.3) is 0 Å². The first-order valence-electron chi connectivity index (χ1n) is 4.38. The Kier molecular flexibility index (Phi) is 2.49. The summed E-state index contributed by atoms with van der Waals surface area (Å²) in [6, 6.07) is 2.11. The summed E-state index contributed by atoms with van der Waals surface area (Å²) in [5, 5.41) is 15.3. The lowest BCUT2D eigenvalue weighted by Gasteiger charge is -2.01. The molecule has 4 nitrogen and oxygen atoms in total. The smallest absolute Gasteiger partial charge is 0.224 e. The monoisotopic (exact) mass is 208 g/mol. The van der Waals surface area contributed by atoms with Gasteiger partial charge in [0.25, 0.3) is 0 Å². The normalized spacial score (nSPS) is 10.4. The molecule has 0 saturated carbocycles. The van der Waals surface area contributed by atoms with Crippen LogP contribution in [-0.2, 0) is 13.5 Å². The lowest BCUT2D eigenvalue weighted by Crippen LogP contribution is -2.02. The number of nitrogens with one attached hydrogen (secondary N) is 1. The van der Waals surface area contributed by atoms with Crippen LogP contribution in [0, 0.1) is 0 Å². The molecule has 0 saturated heterocycles. The van der Waals surface area contributed by atoms with Gasteiger partial charge in [0.05, 0.1) is 0 Å². The molecule has 0 aliphatic rings. The Morgan fingerprint density at radius 1 is 1.50 bits per heavy atom. The van der Waals surface area contributed by atoms with E-state index in [2.05, 4.69) is 32.3 Å². The molecule has 0 atom stereocenters. The fourth-order valence-electron chi connectivity index (χ4n) is 1.31. The van der Waals surface area contributed by atoms with Crippen LogP contribution in [0.4, 0.5) is 5.95 Å². The third kappa shape index (κ3) is 1.63. The summed E-state index contributed by atoms with van der Waals surface area (Å²) in [7, 11) is 3.81. The summed E-state index contributed by atoms with van der Waals surface area (Å²) in [6.45, 7) is 0. The van der Waals surface area contributed by atoms with Gasteiger partial charge in [-0.1, -0.05) is 0 Å². The average Bonchev–Trinajstić information content (AvgIpc) is 2.79. The Morgan fingerprint density at radius 2 is 2.36 bits per heavy atom. The molecule has 2 aromatic heterocycles. The summed E-state index contributed by atoms with van der Waals surface area (Å²) in [5.41, 5.74) is 1.29. The molecule has 14 heavy (non-hydrogen) atoms. The molecule has 0 amide bonds. The number of hydrogen-bond acceptors (Lipinski definition) is 4. The lowest BCUT2D eigenvalue weighted by molar-refractivity contribution is 0.826. The molecule has 0 bridgehead atoms. The molecule has 2 heterocycles. The van der Waals surface area contributed by atoms with E-state index in [1.807, 2.05) is 18.7 Å². The number of hydrogen-bond donors (Lipinski definition) is 1. The van der Waals surface area contributed by atoms with Gasteiger partial charge in [0.1, 0.15) is 5.82 Å². The molecule has 5 heteroatoms. The summed E-state index contributed by atoms with van der Waals surface area (Å²) in [4.78, 5) is 0. The molecule has 0 unspecified atom stereocenters. The summed E-state index contributed by atoms with van der Waals surface area (Å²) in [5.74, 6) is 1.78. The van der Waals surface area contributed by atoms with Crippen molar-refractivity contribution < 1.29 is 0 Å². The van der Waals surface area contributed by atoms with Crippen molar-refractivity contribution in [1.82, 2.24) is 14.8 Å². The summed E-state index contributed by atoms with van der Waals surface area (Å²) >= 11 is 1.70. The fourth-order valence-corrected chi connectivity index (χ4v) is 1.98. The molecule has 0 fully saturated rings. The van der Waals surface area contributed by atoms with E-state index in [1.54, 1.807) is 11.3 Å². The average molecular weight is 208 g/mol. The predicted molar refractivity (Wildman–Crippen MR) is 57.7 cm³/mol. The second-order valence-corrected chi connectivity index (χ2v) is 3.84. The maximum atomic E-state index is 4.12. The number of thiophene rings is 1. The first kappa shape index (κ1) is 9.21. The van der Waals surface area contributed by atoms with Crippen molar-refractivity contribution in [3.05, 3.63) is 28.2 Å². The highest BCUT2D eigenvalue weighted by molar-refractivity contribution is 7.07. The third-order valence-corrected chi connectivity index (χ3v) is 2.86. The highest BCUT2D eigenvalue weighted by Crippen LogP contribution is 2.12. The fraction of sp³-hybridized carbons (Fsp3) is 0.333. The van der Waals surface area contributed by atoms with Crippen molar-refractivity contribution in [3.63, 3.8) is 0 Å². The molecule has 0 aliphatic heterocycles. The minimum Gasteiger partial charge on any atom is -0.357 e. The quantitative estimate of drug-likeness (QED) is 0.831. The molecule has 1 N–H and O–H groups in total. The van der Waals surface area contributed by atoms with E-state index in [0.717, 1.165) is 18.2 Å². The minimum atomic E-state index is 0.801. The van der Waals surface area contributed by atoms with Crippen molar-refractivity contribution in [1.29, 1.82) is 0 Å². The van der Waals surface area contributed by atoms with Crippen LogP contribution in [0.3, 0.4) is 0 Å². The molecule has 2 rings (SSSR count). The van der Waals surface area contributed by atoms with Crippen molar-refractivity contribution in [2.45, 2.75) is 6.42 Å². The van der Waals surface area contributed by atoms with E-state index in [1.165, 1.54) is 5.56 Å². The second-order valence-electron chi connectivity index (χ2n) is 3.06. The van der Waals surface area contributed by atoms with Crippen LogP contribution >= 0.6 is 11.3 Å². The van der Waals surface area contributed by atoms with Gasteiger partial charge in [-0.05, 0) is 22.4 Å². The largest absolute Gasteiger partial charge is 0.357 e. The maximum absolute atomic E-state index is 4.12. The van der Waals surface area contributed by atoms with Gasteiger partial charge < -0.3 is 9.88 Å². The Morgan fingerprint density at radius 3 is 2.93 bits per heavy atom. The summed E-state index contributed by atoms with van der Waals surface area (Å²) in [6.07, 6.45) is 0.842. The van der Waals surface area contributed by atoms with Crippen molar-refractivity contribution in [3.8, 4) is 0 Å². The number of anilines is 1. The highest BCUT2D eigenvalue weighted by atomic mass is 32.1. The summed E-state index contributed by atoms with van der Waals surface area (Å²) < 4.78 is 1.97. The van der Waals surface area contributed by atoms with Gasteiger partial charge in [-0.15, -0.1) is 10.2 Å². The lowest BCUT2D eigenvalue weighted by atomic mass is 10.2. The first-order chi connectivity index (χ1) is 6.81. The van der Waals surface area contributed by atoms with Gasteiger partial charge >= 0.3 is 0 Å². The Balaban J connectivity index is 2.21. The van der Waals surface area contributed by atoms with Crippen molar-refractivity contribution >= 4 is 17.3 Å². The van der Waals surface area contributed by atoms with Crippen LogP contribution in [0.5, 0.6) is 0 Å². The highest BCUT2D eigenvalue weighted by Gasteiger charge is 2.07. The van der Waals surface area contributed by atoms with Gasteiger partial charge in [0, 0.05) is 20.5 Å². The van der Waals surface area contributed by atoms with E-state index in [9.17, 15) is 0 Å². The van der Waals surface area contributed by atoms with Crippen molar-refractivity contribution in [2.75, 3.05) is 12.4 Å². The zero-order valence-corrected chi connectivity index (χ0v) is 9.01. The SMILES string of the molecule is CNc1nnc(Cc2ccsc2)n1C. The van der Waals surface area contributed by atoms with Crippen LogP contribution in [0.2, 0.25) is 0 Å². The van der Waals surface area contributed by atoms with Crippen LogP contribution in [0.1, 0.15) is 11.4 Å². The van der Waals surface area contributed by atoms with Gasteiger partial charge in [-0.25, -0.2) is 0 Å². The molecule has 2 aromatic rings. The van der Waals surface area contributed by atoms with Gasteiger partial charge in [-0.3, -0.25) is 0 Å². The molecular weight excluding hydrogens is 196 g/mol. The Bertz CT molecular complexity index is 404. The Labute approximate surface area is 86.6 Å². The van der Waals surface area contributed by atoms with Gasteiger partial charge in [0.15, 0.2) is 0 Å². The molecular formula is C9H12N4S. The topological polar surface area (TPSA) is 42.7 Å². The number of rotatable bonds is 3. The van der Waals surface area contributed by atoms with E-state index in [0.29, 0.717) is 0 Å². The van der Waals surface area contributed by atoms with Crippen LogP contribution in [-0.4, -0.2) is 21.8 Å². The van der Waals surface area contributed by atoms with Crippen LogP contribution in [0.15, 0.2) is 16.8 Å². The zero-order valence-electron chi connectivity index (χ0n) is 8.19. The van der Waals surface area contributed by atoms with E-state index in [4.69, 9.17) is 0 Å². The van der Waals surface area contributed by atoms with Gasteiger partial charge in [0.2, 0.25) is 5.95 Å². The Hall–Kier alpha value is -1.36. The second kappa shape index (κ2) is 3.79. The van der Waals surface area contributed by atoms with E-state index < -0.39 is 0 Å². The molecule has 0 aromatic carbocycles. The third-order valence-electron chi connectivity index (χ3n) is 2.13. The molecule has 74 valence electrons. The first-order valence-corrected chi connectivity index (χ1v) is 5.32. The number of nitrogens with zero attached hydrogens (tertiary/aromatic N) is 3. The molecule has 0 spiro atoms.